The molecule has 0 aromatic carbocycles. The number of hydrogen-bond donors (Lipinski definition) is 0. The summed E-state index contributed by atoms with van der Waals surface area (Å²) in [5.41, 5.74) is 2.43. The van der Waals surface area contributed by atoms with Gasteiger partial charge in [0, 0.05) is 11.3 Å². The molecule has 0 aromatic heterocycles. The Hall–Kier alpha value is -1.44. The molecular weight excluding hydrogens is 138 g/mol. The zero-order valence-electron chi connectivity index (χ0n) is 6.16. The van der Waals surface area contributed by atoms with Crippen LogP contribution in [0.25, 0.3) is 0 Å². The summed E-state index contributed by atoms with van der Waals surface area (Å²) < 4.78 is 0. The SMILES string of the molecule is CC1=NC2=CC=CC(=O)C2=C1. The molecule has 2 aliphatic rings. The largest absolute Gasteiger partial charge is 0.289 e. The van der Waals surface area contributed by atoms with Gasteiger partial charge in [0.15, 0.2) is 5.78 Å². The Balaban J connectivity index is 2.53. The van der Waals surface area contributed by atoms with Gasteiger partial charge < -0.3 is 0 Å². The fraction of sp³-hybridized carbons (Fsp3) is 0.111. The molecule has 0 saturated carbocycles. The summed E-state index contributed by atoms with van der Waals surface area (Å²) in [5.74, 6) is 0.0584. The van der Waals surface area contributed by atoms with Crippen LogP contribution in [0.2, 0.25) is 0 Å². The van der Waals surface area contributed by atoms with Crippen molar-refractivity contribution in [2.45, 2.75) is 6.92 Å². The van der Waals surface area contributed by atoms with Crippen molar-refractivity contribution in [1.29, 1.82) is 0 Å². The van der Waals surface area contributed by atoms with E-state index in [0.29, 0.717) is 0 Å². The molecule has 2 rings (SSSR count). The molecule has 54 valence electrons. The fourth-order valence-electron chi connectivity index (χ4n) is 1.21. The van der Waals surface area contributed by atoms with Gasteiger partial charge in [-0.1, -0.05) is 6.08 Å². The minimum absolute atomic E-state index is 0.0584. The van der Waals surface area contributed by atoms with E-state index in [1.807, 2.05) is 19.1 Å². The van der Waals surface area contributed by atoms with Crippen LogP contribution in [0.15, 0.2) is 40.6 Å². The van der Waals surface area contributed by atoms with E-state index in [0.717, 1.165) is 17.0 Å². The lowest BCUT2D eigenvalue weighted by Crippen LogP contribution is -2.01. The number of hydrogen-bond acceptors (Lipinski definition) is 2. The van der Waals surface area contributed by atoms with Gasteiger partial charge in [0.2, 0.25) is 0 Å². The minimum Gasteiger partial charge on any atom is -0.289 e. The topological polar surface area (TPSA) is 29.4 Å². The van der Waals surface area contributed by atoms with Gasteiger partial charge in [-0.05, 0) is 25.2 Å². The molecule has 0 unspecified atom stereocenters. The van der Waals surface area contributed by atoms with Crippen LogP contribution in [-0.2, 0) is 4.79 Å². The zero-order valence-corrected chi connectivity index (χ0v) is 6.16. The second-order valence-corrected chi connectivity index (χ2v) is 2.59. The van der Waals surface area contributed by atoms with E-state index in [2.05, 4.69) is 4.99 Å². The number of allylic oxidation sites excluding steroid dienone is 5. The monoisotopic (exact) mass is 145 g/mol. The van der Waals surface area contributed by atoms with Gasteiger partial charge in [-0.25, -0.2) is 0 Å². The molecular formula is C9H7NO. The Bertz CT molecular complexity index is 343. The molecule has 0 N–H and O–H groups in total. The Morgan fingerprint density at radius 2 is 2.27 bits per heavy atom. The van der Waals surface area contributed by atoms with Crippen molar-refractivity contribution in [2.75, 3.05) is 0 Å². The molecule has 0 bridgehead atoms. The maximum absolute atomic E-state index is 11.2. The number of ketones is 1. The maximum atomic E-state index is 11.2. The summed E-state index contributed by atoms with van der Waals surface area (Å²) in [6, 6.07) is 0. The predicted octanol–water partition coefficient (Wildman–Crippen LogP) is 1.41. The van der Waals surface area contributed by atoms with Gasteiger partial charge in [-0.2, -0.15) is 0 Å². The quantitative estimate of drug-likeness (QED) is 0.506. The van der Waals surface area contributed by atoms with Crippen molar-refractivity contribution in [3.8, 4) is 0 Å². The molecule has 0 fully saturated rings. The van der Waals surface area contributed by atoms with E-state index < -0.39 is 0 Å². The Morgan fingerprint density at radius 1 is 1.45 bits per heavy atom. The van der Waals surface area contributed by atoms with E-state index in [9.17, 15) is 4.79 Å². The van der Waals surface area contributed by atoms with Gasteiger partial charge in [0.1, 0.15) is 0 Å². The van der Waals surface area contributed by atoms with Gasteiger partial charge in [0.05, 0.1) is 5.70 Å². The van der Waals surface area contributed by atoms with Crippen LogP contribution in [0.4, 0.5) is 0 Å². The standard InChI is InChI=1S/C9H7NO/c1-6-5-7-8(10-6)3-2-4-9(7)11/h2-5H,1H3. The number of carbonyl (C=O) groups is 1. The highest BCUT2D eigenvalue weighted by Crippen LogP contribution is 2.22. The second-order valence-electron chi connectivity index (χ2n) is 2.59. The van der Waals surface area contributed by atoms with Crippen LogP contribution in [0.3, 0.4) is 0 Å². The zero-order chi connectivity index (χ0) is 7.84. The summed E-state index contributed by atoms with van der Waals surface area (Å²) in [4.78, 5) is 15.3. The molecule has 1 heterocycles. The Kier molecular flexibility index (Phi) is 1.15. The van der Waals surface area contributed by atoms with Crippen LogP contribution in [0.1, 0.15) is 6.92 Å². The molecule has 0 aromatic rings. The van der Waals surface area contributed by atoms with Gasteiger partial charge in [0.25, 0.3) is 0 Å². The van der Waals surface area contributed by atoms with Crippen molar-refractivity contribution in [3.05, 3.63) is 35.6 Å². The molecule has 0 radical (unpaired) electrons. The van der Waals surface area contributed by atoms with Gasteiger partial charge >= 0.3 is 0 Å². The first-order chi connectivity index (χ1) is 5.27. The normalized spacial score (nSPS) is 20.8. The summed E-state index contributed by atoms with van der Waals surface area (Å²) in [6.45, 7) is 1.89. The molecule has 1 aliphatic heterocycles. The van der Waals surface area contributed by atoms with Gasteiger partial charge in [-0.3, -0.25) is 9.79 Å². The molecule has 0 saturated heterocycles. The van der Waals surface area contributed by atoms with E-state index in [1.54, 1.807) is 12.2 Å². The number of rotatable bonds is 0. The molecule has 0 atom stereocenters. The first-order valence-corrected chi connectivity index (χ1v) is 3.47. The molecule has 1 aliphatic carbocycles. The third-order valence-electron chi connectivity index (χ3n) is 1.69. The smallest absolute Gasteiger partial charge is 0.188 e. The minimum atomic E-state index is 0.0584. The van der Waals surface area contributed by atoms with Crippen LogP contribution < -0.4 is 0 Å². The van der Waals surface area contributed by atoms with Crippen LogP contribution in [-0.4, -0.2) is 11.5 Å². The highest BCUT2D eigenvalue weighted by molar-refractivity contribution is 6.15. The molecule has 0 spiro atoms. The lowest BCUT2D eigenvalue weighted by molar-refractivity contribution is -0.111. The number of nitrogens with zero attached hydrogens (tertiary/aromatic N) is 1. The Morgan fingerprint density at radius 3 is 3.00 bits per heavy atom. The third-order valence-corrected chi connectivity index (χ3v) is 1.69. The van der Waals surface area contributed by atoms with Gasteiger partial charge in [-0.15, -0.1) is 0 Å². The Labute approximate surface area is 64.6 Å². The predicted molar refractivity (Wildman–Crippen MR) is 43.4 cm³/mol. The number of fused-ring (bicyclic) bond motifs is 1. The van der Waals surface area contributed by atoms with Crippen molar-refractivity contribution >= 4 is 11.5 Å². The molecule has 2 nitrogen and oxygen atoms in total. The van der Waals surface area contributed by atoms with Crippen LogP contribution in [0, 0.1) is 0 Å². The van der Waals surface area contributed by atoms with E-state index in [4.69, 9.17) is 0 Å². The maximum Gasteiger partial charge on any atom is 0.188 e. The third kappa shape index (κ3) is 0.871. The van der Waals surface area contributed by atoms with Crippen molar-refractivity contribution in [1.82, 2.24) is 0 Å². The summed E-state index contributed by atoms with van der Waals surface area (Å²) in [6.07, 6.45) is 6.96. The van der Waals surface area contributed by atoms with Crippen molar-refractivity contribution < 1.29 is 4.79 Å². The van der Waals surface area contributed by atoms with E-state index >= 15 is 0 Å². The highest BCUT2D eigenvalue weighted by Gasteiger charge is 2.18. The fourth-order valence-corrected chi connectivity index (χ4v) is 1.21. The summed E-state index contributed by atoms with van der Waals surface area (Å²) in [7, 11) is 0. The lowest BCUT2D eigenvalue weighted by Gasteiger charge is -2.00. The number of carbonyl (C=O) groups excluding carboxylic acids is 1. The van der Waals surface area contributed by atoms with Crippen LogP contribution in [0.5, 0.6) is 0 Å². The second kappa shape index (κ2) is 2.02. The van der Waals surface area contributed by atoms with Crippen molar-refractivity contribution in [2.24, 2.45) is 4.99 Å². The first kappa shape index (κ1) is 6.28. The highest BCUT2D eigenvalue weighted by atomic mass is 16.1. The average Bonchev–Trinajstić information content (AvgIpc) is 2.31. The molecule has 0 amide bonds. The molecule has 11 heavy (non-hydrogen) atoms. The molecule has 2 heteroatoms. The van der Waals surface area contributed by atoms with E-state index in [-0.39, 0.29) is 5.78 Å². The summed E-state index contributed by atoms with van der Waals surface area (Å²) in [5, 5.41) is 0. The lowest BCUT2D eigenvalue weighted by atomic mass is 10.0. The van der Waals surface area contributed by atoms with Crippen molar-refractivity contribution in [3.63, 3.8) is 0 Å². The van der Waals surface area contributed by atoms with E-state index in [1.165, 1.54) is 0 Å². The summed E-state index contributed by atoms with van der Waals surface area (Å²) >= 11 is 0. The average molecular weight is 145 g/mol. The van der Waals surface area contributed by atoms with Crippen LogP contribution >= 0.6 is 0 Å². The first-order valence-electron chi connectivity index (χ1n) is 3.47. The number of aliphatic imine (C=N–C) groups is 1.